The third-order valence-electron chi connectivity index (χ3n) is 5.55. The highest BCUT2D eigenvalue weighted by Crippen LogP contribution is 2.53. The van der Waals surface area contributed by atoms with E-state index in [1.165, 1.54) is 18.0 Å². The summed E-state index contributed by atoms with van der Waals surface area (Å²) >= 11 is -2.64. The molecule has 0 atom stereocenters. The fraction of sp³-hybridized carbons (Fsp3) is 0.286. The number of nitrogens with one attached hydrogen (secondary N) is 2. The van der Waals surface area contributed by atoms with Gasteiger partial charge in [-0.25, -0.2) is 0 Å². The van der Waals surface area contributed by atoms with Crippen molar-refractivity contribution >= 4 is 84.1 Å². The number of carbonyl (C=O) groups is 2. The van der Waals surface area contributed by atoms with Gasteiger partial charge in [0.2, 0.25) is 0 Å². The van der Waals surface area contributed by atoms with E-state index in [2.05, 4.69) is 5.32 Å². The van der Waals surface area contributed by atoms with Gasteiger partial charge in [0.15, 0.2) is 18.1 Å². The molecule has 2 N–H and O–H groups in total. The van der Waals surface area contributed by atoms with E-state index in [1.807, 2.05) is 0 Å². The van der Waals surface area contributed by atoms with Crippen molar-refractivity contribution in [3.05, 3.63) is 34.4 Å². The van der Waals surface area contributed by atoms with Crippen molar-refractivity contribution in [2.24, 2.45) is 0 Å². The molecule has 2 aromatic rings. The summed E-state index contributed by atoms with van der Waals surface area (Å²) in [4.78, 5) is 24.6. The zero-order valence-electron chi connectivity index (χ0n) is 19.8. The first-order valence-corrected chi connectivity index (χ1v) is 14.1. The Morgan fingerprint density at radius 1 is 1.05 bits per heavy atom. The van der Waals surface area contributed by atoms with Crippen LogP contribution < -0.4 is 14.4 Å². The third kappa shape index (κ3) is 5.66. The van der Waals surface area contributed by atoms with Crippen molar-refractivity contribution < 1.29 is 33.8 Å². The average Bonchev–Trinajstić information content (AvgIpc) is 3.23. The second-order valence-corrected chi connectivity index (χ2v) is 10.5. The zero-order chi connectivity index (χ0) is 28.1. The van der Waals surface area contributed by atoms with Crippen LogP contribution in [0.5, 0.6) is 5.75 Å². The van der Waals surface area contributed by atoms with E-state index >= 15 is 0 Å². The van der Waals surface area contributed by atoms with Gasteiger partial charge in [-0.15, -0.1) is 3.89 Å². The van der Waals surface area contributed by atoms with E-state index in [1.54, 1.807) is 13.0 Å². The van der Waals surface area contributed by atoms with Crippen molar-refractivity contribution in [2.75, 3.05) is 31.6 Å². The van der Waals surface area contributed by atoms with Crippen LogP contribution in [0.3, 0.4) is 0 Å². The molecule has 0 aliphatic carbocycles. The predicted octanol–water partition coefficient (Wildman–Crippen LogP) is 7.34. The Labute approximate surface area is 237 Å². The van der Waals surface area contributed by atoms with E-state index in [-0.39, 0.29) is 30.3 Å². The molecule has 1 heterocycles. The van der Waals surface area contributed by atoms with Crippen LogP contribution in [-0.2, 0) is 6.54 Å². The van der Waals surface area contributed by atoms with Crippen LogP contribution in [0.4, 0.5) is 25.1 Å². The summed E-state index contributed by atoms with van der Waals surface area (Å²) in [5, 5.41) is 11.0. The van der Waals surface area contributed by atoms with Crippen molar-refractivity contribution in [2.45, 2.75) is 33.1 Å². The smallest absolute Gasteiger partial charge is 0.254 e. The minimum Gasteiger partial charge on any atom is -0.493 e. The Kier molecular flexibility index (Phi) is 10.8. The minimum absolute atomic E-state index is 0.0282. The lowest BCUT2D eigenvalue weighted by Gasteiger charge is -2.24. The number of amides is 1. The molecule has 0 bridgehead atoms. The minimum atomic E-state index is -0.913. The lowest BCUT2D eigenvalue weighted by atomic mass is 10.0. The van der Waals surface area contributed by atoms with Crippen molar-refractivity contribution in [1.82, 2.24) is 10.2 Å². The fourth-order valence-electron chi connectivity index (χ4n) is 3.92. The Balaban J connectivity index is 2.08. The topological polar surface area (TPSA) is 85.7 Å². The maximum Gasteiger partial charge on any atom is 0.254 e. The van der Waals surface area contributed by atoms with E-state index < -0.39 is 110 Å². The number of anilines is 1. The van der Waals surface area contributed by atoms with E-state index in [0.717, 1.165) is 7.05 Å². The number of hydrogen-bond donors (Lipinski definition) is 2. The summed E-state index contributed by atoms with van der Waals surface area (Å²) in [6.45, 7) is 1.46. The van der Waals surface area contributed by atoms with Gasteiger partial charge in [-0.1, -0.05) is 0 Å². The molecule has 206 valence electrons. The summed E-state index contributed by atoms with van der Waals surface area (Å²) in [6.07, 6.45) is 0. The van der Waals surface area contributed by atoms with Crippen molar-refractivity contribution in [3.8, 4) is 5.75 Å². The molecule has 0 aromatic heterocycles. The summed E-state index contributed by atoms with van der Waals surface area (Å²) in [6, 6.07) is 3.03. The molecular formula is C21H19F5N4O3S5. The standard InChI is InChI=1S/C21H19F5N4O3S5/c1-4-33-13-5-9-7-30(20(27)10(9)6-11(13)21(32)28-2)8-12(31)14-16(34-22)15(29(3)38-26)18(36-24)19(37-25)17(14)35-23/h5-6,27H,4,7-8H2,1-3H3,(H,28,32). The van der Waals surface area contributed by atoms with Gasteiger partial charge >= 0.3 is 0 Å². The number of nitrogens with zero attached hydrogens (tertiary/aromatic N) is 2. The first-order valence-electron chi connectivity index (χ1n) is 10.5. The third-order valence-corrected chi connectivity index (χ3v) is 8.42. The molecule has 3 rings (SSSR count). The van der Waals surface area contributed by atoms with Gasteiger partial charge in [0.25, 0.3) is 5.91 Å². The first kappa shape index (κ1) is 30.6. The number of amidine groups is 1. The van der Waals surface area contributed by atoms with Gasteiger partial charge in [-0.2, -0.15) is 15.5 Å². The van der Waals surface area contributed by atoms with Gasteiger partial charge in [0.1, 0.15) is 11.6 Å². The van der Waals surface area contributed by atoms with Crippen LogP contribution in [0.2, 0.25) is 0 Å². The average molecular weight is 631 g/mol. The highest BCUT2D eigenvalue weighted by Gasteiger charge is 2.35. The molecule has 0 spiro atoms. The molecule has 38 heavy (non-hydrogen) atoms. The number of carbonyl (C=O) groups excluding carboxylic acids is 2. The quantitative estimate of drug-likeness (QED) is 0.141. The van der Waals surface area contributed by atoms with E-state index in [0.29, 0.717) is 15.4 Å². The Morgan fingerprint density at radius 3 is 2.21 bits per heavy atom. The maximum atomic E-state index is 14.2. The molecule has 0 unspecified atom stereocenters. The summed E-state index contributed by atoms with van der Waals surface area (Å²) < 4.78 is 75.5. The monoisotopic (exact) mass is 630 g/mol. The first-order chi connectivity index (χ1) is 18.2. The number of fused-ring (bicyclic) bond motifs is 1. The van der Waals surface area contributed by atoms with Crippen molar-refractivity contribution in [1.29, 1.82) is 5.41 Å². The zero-order valence-corrected chi connectivity index (χ0v) is 23.9. The van der Waals surface area contributed by atoms with Crippen LogP contribution >= 0.6 is 60.9 Å². The highest BCUT2D eigenvalue weighted by molar-refractivity contribution is 7.99. The van der Waals surface area contributed by atoms with Gasteiger partial charge in [0.05, 0.1) is 98.1 Å². The predicted molar refractivity (Wildman–Crippen MR) is 144 cm³/mol. The number of benzene rings is 2. The highest BCUT2D eigenvalue weighted by atomic mass is 32.2. The normalized spacial score (nSPS) is 12.5. The van der Waals surface area contributed by atoms with Crippen LogP contribution in [0.15, 0.2) is 31.7 Å². The summed E-state index contributed by atoms with van der Waals surface area (Å²) in [7, 11) is 2.54. The van der Waals surface area contributed by atoms with Gasteiger partial charge < -0.3 is 15.0 Å². The lowest BCUT2D eigenvalue weighted by Crippen LogP contribution is -2.31. The molecule has 1 amide bonds. The SMILES string of the molecule is CCOc1cc2c(cc1C(=O)NC)C(=N)N(CC(=O)c1c(SF)c(SF)c(SF)c(N(C)SF)c1SF)C2. The van der Waals surface area contributed by atoms with Crippen molar-refractivity contribution in [3.63, 3.8) is 0 Å². The summed E-state index contributed by atoms with van der Waals surface area (Å²) in [5.74, 6) is -1.22. The molecule has 0 saturated heterocycles. The lowest BCUT2D eigenvalue weighted by molar-refractivity contribution is 0.0949. The summed E-state index contributed by atoms with van der Waals surface area (Å²) in [5.41, 5.74) is 0.00776. The number of hydrogen-bond acceptors (Lipinski definition) is 10. The Hall–Kier alpha value is -1.95. The van der Waals surface area contributed by atoms with Gasteiger partial charge in [0, 0.05) is 26.2 Å². The second-order valence-electron chi connectivity index (χ2n) is 7.56. The number of ketones is 1. The molecule has 2 aromatic carbocycles. The molecule has 0 radical (unpaired) electrons. The molecule has 1 aliphatic heterocycles. The van der Waals surface area contributed by atoms with E-state index in [9.17, 15) is 29.0 Å². The van der Waals surface area contributed by atoms with Crippen LogP contribution in [0.25, 0.3) is 0 Å². The Bertz CT molecular complexity index is 1270. The maximum absolute atomic E-state index is 14.2. The number of Topliss-reactive ketones (excluding diaryl/α,β-unsaturated/α-hetero) is 1. The number of rotatable bonds is 12. The second kappa shape index (κ2) is 13.4. The largest absolute Gasteiger partial charge is 0.493 e. The van der Waals surface area contributed by atoms with Crippen LogP contribution in [0, 0.1) is 5.41 Å². The van der Waals surface area contributed by atoms with Crippen LogP contribution in [-0.4, -0.2) is 49.7 Å². The number of ether oxygens (including phenoxy) is 1. The molecule has 1 aliphatic rings. The number of halogens is 5. The fourth-order valence-corrected chi connectivity index (χ4v) is 6.75. The molecule has 0 fully saturated rings. The molecule has 7 nitrogen and oxygen atoms in total. The van der Waals surface area contributed by atoms with Crippen LogP contribution in [0.1, 0.15) is 38.8 Å². The van der Waals surface area contributed by atoms with Gasteiger partial charge in [-0.05, 0) is 24.6 Å². The Morgan fingerprint density at radius 2 is 1.68 bits per heavy atom. The van der Waals surface area contributed by atoms with Gasteiger partial charge in [-0.3, -0.25) is 19.3 Å². The molecule has 17 heteroatoms. The molecular weight excluding hydrogens is 612 g/mol. The van der Waals surface area contributed by atoms with E-state index in [4.69, 9.17) is 10.1 Å². The molecule has 0 saturated carbocycles.